The maximum absolute atomic E-state index is 13.1. The molecule has 1 fully saturated rings. The molecule has 2 aliphatic heterocycles. The summed E-state index contributed by atoms with van der Waals surface area (Å²) in [6.45, 7) is 8.68. The minimum atomic E-state index is -3.55. The highest BCUT2D eigenvalue weighted by atomic mass is 32.2. The molecule has 10 heteroatoms. The number of carbonyl (C=O) groups excluding carboxylic acids is 1. The van der Waals surface area contributed by atoms with Gasteiger partial charge in [-0.25, -0.2) is 18.4 Å². The Morgan fingerprint density at radius 1 is 0.912 bits per heavy atom. The third kappa shape index (κ3) is 4.13. The maximum atomic E-state index is 13.1. The van der Waals surface area contributed by atoms with Crippen LogP contribution in [-0.4, -0.2) is 59.7 Å². The van der Waals surface area contributed by atoms with Crippen molar-refractivity contribution in [3.8, 4) is 0 Å². The highest BCUT2D eigenvalue weighted by Gasteiger charge is 2.29. The van der Waals surface area contributed by atoms with Crippen molar-refractivity contribution in [2.45, 2.75) is 37.6 Å². The van der Waals surface area contributed by atoms with E-state index in [4.69, 9.17) is 0 Å². The number of amides is 1. The van der Waals surface area contributed by atoms with E-state index >= 15 is 0 Å². The van der Waals surface area contributed by atoms with Gasteiger partial charge in [0.2, 0.25) is 10.0 Å². The summed E-state index contributed by atoms with van der Waals surface area (Å²) in [6.07, 6.45) is 0. The first-order chi connectivity index (χ1) is 16.1. The Hall–Kier alpha value is -3.08. The Morgan fingerprint density at radius 2 is 1.62 bits per heavy atom. The summed E-state index contributed by atoms with van der Waals surface area (Å²) in [4.78, 5) is 23.5. The van der Waals surface area contributed by atoms with Gasteiger partial charge in [-0.1, -0.05) is 39.0 Å². The van der Waals surface area contributed by atoms with Gasteiger partial charge in [-0.05, 0) is 35.2 Å². The molecule has 0 aliphatic carbocycles. The number of nitrogens with zero attached hydrogens (tertiary/aromatic N) is 6. The van der Waals surface area contributed by atoms with Crippen molar-refractivity contribution < 1.29 is 13.2 Å². The normalized spacial score (nSPS) is 17.4. The Kier molecular flexibility index (Phi) is 5.54. The number of hydrogen-bond donors (Lipinski definition) is 0. The Balaban J connectivity index is 1.28. The van der Waals surface area contributed by atoms with Crippen LogP contribution in [-0.2, 0) is 22.0 Å². The van der Waals surface area contributed by atoms with Crippen LogP contribution in [0.1, 0.15) is 42.5 Å². The molecule has 2 aromatic carbocycles. The molecule has 5 rings (SSSR count). The van der Waals surface area contributed by atoms with Crippen LogP contribution in [0.5, 0.6) is 0 Å². The summed E-state index contributed by atoms with van der Waals surface area (Å²) < 4.78 is 27.8. The molecule has 34 heavy (non-hydrogen) atoms. The zero-order valence-corrected chi connectivity index (χ0v) is 20.2. The van der Waals surface area contributed by atoms with Crippen LogP contribution in [0.3, 0.4) is 0 Å². The molecule has 0 unspecified atom stereocenters. The van der Waals surface area contributed by atoms with Crippen molar-refractivity contribution in [2.24, 2.45) is 10.2 Å². The van der Waals surface area contributed by atoms with Gasteiger partial charge >= 0.3 is 0 Å². The third-order valence-electron chi connectivity index (χ3n) is 6.27. The molecule has 2 aliphatic rings. The van der Waals surface area contributed by atoms with Gasteiger partial charge < -0.3 is 0 Å². The van der Waals surface area contributed by atoms with E-state index in [-0.39, 0.29) is 11.3 Å². The molecule has 0 N–H and O–H groups in total. The summed E-state index contributed by atoms with van der Waals surface area (Å²) in [6, 6.07) is 12.5. The Morgan fingerprint density at radius 3 is 2.29 bits per heavy atom. The van der Waals surface area contributed by atoms with Gasteiger partial charge in [-0.15, -0.1) is 10.2 Å². The lowest BCUT2D eigenvalue weighted by Gasteiger charge is -2.33. The lowest BCUT2D eigenvalue weighted by Crippen LogP contribution is -2.48. The smallest absolute Gasteiger partial charge is 0.293 e. The molecule has 0 spiro atoms. The highest BCUT2D eigenvalue weighted by molar-refractivity contribution is 7.89. The lowest BCUT2D eigenvalue weighted by molar-refractivity contribution is 0.0995. The number of carbonyl (C=O) groups is 1. The minimum absolute atomic E-state index is 0.0320. The number of hydrogen-bond acceptors (Lipinski definition) is 7. The molecule has 0 saturated carbocycles. The number of aromatic nitrogens is 2. The second kappa shape index (κ2) is 8.30. The van der Waals surface area contributed by atoms with E-state index in [0.29, 0.717) is 65.7 Å². The van der Waals surface area contributed by atoms with E-state index in [1.165, 1.54) is 4.31 Å². The second-order valence-corrected chi connectivity index (χ2v) is 11.6. The number of sulfonamides is 1. The molecule has 9 nitrogen and oxygen atoms in total. The van der Waals surface area contributed by atoms with Gasteiger partial charge in [-0.3, -0.25) is 9.69 Å². The molecule has 0 atom stereocenters. The summed E-state index contributed by atoms with van der Waals surface area (Å²) in [7, 11) is -3.55. The van der Waals surface area contributed by atoms with Crippen molar-refractivity contribution in [1.82, 2.24) is 19.2 Å². The van der Waals surface area contributed by atoms with Crippen LogP contribution < -0.4 is 0 Å². The zero-order chi connectivity index (χ0) is 24.1. The van der Waals surface area contributed by atoms with Crippen LogP contribution in [0.25, 0.3) is 10.9 Å². The fourth-order valence-corrected chi connectivity index (χ4v) is 5.70. The third-order valence-corrected chi connectivity index (χ3v) is 8.18. The average molecular weight is 479 g/mol. The molecular weight excluding hydrogens is 452 g/mol. The first-order valence-corrected chi connectivity index (χ1v) is 12.7. The number of benzene rings is 2. The van der Waals surface area contributed by atoms with Crippen molar-refractivity contribution >= 4 is 32.7 Å². The van der Waals surface area contributed by atoms with E-state index in [1.807, 2.05) is 18.2 Å². The molecule has 3 aromatic rings. The van der Waals surface area contributed by atoms with Crippen molar-refractivity contribution in [1.29, 1.82) is 0 Å². The summed E-state index contributed by atoms with van der Waals surface area (Å²) >= 11 is 0. The minimum Gasteiger partial charge on any atom is -0.293 e. The Labute approximate surface area is 198 Å². The van der Waals surface area contributed by atoms with Gasteiger partial charge in [0, 0.05) is 26.2 Å². The fraction of sp³-hybridized carbons (Fsp3) is 0.375. The van der Waals surface area contributed by atoms with E-state index in [0.717, 1.165) is 5.56 Å². The monoisotopic (exact) mass is 478 g/mol. The van der Waals surface area contributed by atoms with Crippen LogP contribution in [0.2, 0.25) is 0 Å². The van der Waals surface area contributed by atoms with Crippen LogP contribution in [0, 0.1) is 0 Å². The standard InChI is InChI=1S/C24H26N6O3S/c1-24(2,3)16-7-9-17(10-8-16)34(32,33)30-13-11-29(12-14-30)15-20-25-19-6-4-5-18-21(19)22(26-20)27-28-23(18)31/h4-10H,11-15H2,1-3H3. The van der Waals surface area contributed by atoms with Crippen molar-refractivity contribution in [2.75, 3.05) is 26.2 Å². The number of piperazine rings is 1. The largest absolute Gasteiger partial charge is 0.296 e. The van der Waals surface area contributed by atoms with Gasteiger partial charge in [-0.2, -0.15) is 4.31 Å². The van der Waals surface area contributed by atoms with Crippen LogP contribution >= 0.6 is 0 Å². The molecule has 1 saturated heterocycles. The van der Waals surface area contributed by atoms with E-state index in [1.54, 1.807) is 24.3 Å². The van der Waals surface area contributed by atoms with Crippen LogP contribution in [0.15, 0.2) is 57.6 Å². The molecular formula is C24H26N6O3S. The van der Waals surface area contributed by atoms with Crippen molar-refractivity contribution in [3.63, 3.8) is 0 Å². The molecule has 3 heterocycles. The van der Waals surface area contributed by atoms with E-state index in [9.17, 15) is 13.2 Å². The van der Waals surface area contributed by atoms with Gasteiger partial charge in [0.25, 0.3) is 5.91 Å². The zero-order valence-electron chi connectivity index (χ0n) is 19.4. The molecule has 0 bridgehead atoms. The molecule has 176 valence electrons. The average Bonchev–Trinajstić information content (AvgIpc) is 2.81. The summed E-state index contributed by atoms with van der Waals surface area (Å²) in [5.74, 6) is 0.581. The second-order valence-electron chi connectivity index (χ2n) is 9.62. The lowest BCUT2D eigenvalue weighted by atomic mass is 9.87. The maximum Gasteiger partial charge on any atom is 0.296 e. The quantitative estimate of drug-likeness (QED) is 0.566. The van der Waals surface area contributed by atoms with Gasteiger partial charge in [0.1, 0.15) is 5.82 Å². The SMILES string of the molecule is CC(C)(C)c1ccc(S(=O)(=O)N2CCN(Cc3nc4c5c(cccc5n3)C(=O)N=N4)CC2)cc1. The predicted octanol–water partition coefficient (Wildman–Crippen LogP) is 3.67. The summed E-state index contributed by atoms with van der Waals surface area (Å²) in [5, 5.41) is 8.27. The number of rotatable bonds is 4. The fourth-order valence-electron chi connectivity index (χ4n) is 4.28. The van der Waals surface area contributed by atoms with Gasteiger partial charge in [0.15, 0.2) is 5.82 Å². The number of azo groups is 1. The highest BCUT2D eigenvalue weighted by Crippen LogP contribution is 2.31. The van der Waals surface area contributed by atoms with Gasteiger partial charge in [0.05, 0.1) is 27.9 Å². The molecule has 1 amide bonds. The van der Waals surface area contributed by atoms with E-state index in [2.05, 4.69) is 45.9 Å². The first kappa shape index (κ1) is 22.7. The topological polar surface area (TPSA) is 108 Å². The first-order valence-electron chi connectivity index (χ1n) is 11.2. The van der Waals surface area contributed by atoms with Crippen LogP contribution in [0.4, 0.5) is 5.82 Å². The Bertz CT molecular complexity index is 1400. The molecule has 1 aromatic heterocycles. The summed E-state index contributed by atoms with van der Waals surface area (Å²) in [5.41, 5.74) is 2.19. The van der Waals surface area contributed by atoms with E-state index < -0.39 is 10.0 Å². The predicted molar refractivity (Wildman–Crippen MR) is 128 cm³/mol. The molecule has 0 radical (unpaired) electrons. The van der Waals surface area contributed by atoms with Crippen molar-refractivity contribution in [3.05, 3.63) is 59.4 Å².